The summed E-state index contributed by atoms with van der Waals surface area (Å²) >= 11 is 5.99. The molecule has 0 bridgehead atoms. The van der Waals surface area contributed by atoms with Gasteiger partial charge < -0.3 is 13.9 Å². The molecule has 0 spiro atoms. The number of fused-ring (bicyclic) bond motifs is 1. The lowest BCUT2D eigenvalue weighted by atomic mass is 10.1. The van der Waals surface area contributed by atoms with Gasteiger partial charge in [-0.1, -0.05) is 60.1 Å². The van der Waals surface area contributed by atoms with E-state index in [0.29, 0.717) is 0 Å². The molecule has 1 heterocycles. The first kappa shape index (κ1) is 25.4. The molecule has 0 fully saturated rings. The first-order valence-electron chi connectivity index (χ1n) is 11.3. The lowest BCUT2D eigenvalue weighted by Crippen LogP contribution is -2.15. The van der Waals surface area contributed by atoms with Crippen molar-refractivity contribution in [2.24, 2.45) is 0 Å². The van der Waals surface area contributed by atoms with Gasteiger partial charge in [-0.15, -0.1) is 0 Å². The molecule has 0 aliphatic rings. The van der Waals surface area contributed by atoms with Crippen molar-refractivity contribution < 1.29 is 31.5 Å². The second-order valence-electron chi connectivity index (χ2n) is 8.23. The third kappa shape index (κ3) is 5.21. The van der Waals surface area contributed by atoms with Crippen molar-refractivity contribution in [3.8, 4) is 28.4 Å². The van der Waals surface area contributed by atoms with E-state index >= 15 is 0 Å². The molecular weight excluding hydrogens is 524 g/mol. The fourth-order valence-electron chi connectivity index (χ4n) is 3.82. The Hall–Kier alpha value is -4.30. The molecule has 4 nitrogen and oxygen atoms in total. The average Bonchev–Trinajstić information content (AvgIpc) is 2.90. The Morgan fingerprint density at radius 2 is 1.50 bits per heavy atom. The molecule has 5 aromatic rings. The van der Waals surface area contributed by atoms with Crippen LogP contribution in [0.15, 0.2) is 100 Å². The van der Waals surface area contributed by atoms with Crippen molar-refractivity contribution in [1.82, 2.24) is 0 Å². The minimum Gasteiger partial charge on any atom is -0.489 e. The molecule has 9 heteroatoms. The smallest absolute Gasteiger partial charge is 0.453 e. The molecule has 1 aromatic heterocycles. The Morgan fingerprint density at radius 1 is 0.816 bits per heavy atom. The molecule has 5 rings (SSSR count). The zero-order valence-corrected chi connectivity index (χ0v) is 20.1. The van der Waals surface area contributed by atoms with Crippen molar-refractivity contribution in [2.45, 2.75) is 12.8 Å². The van der Waals surface area contributed by atoms with Crippen molar-refractivity contribution in [3.05, 3.63) is 123 Å². The van der Waals surface area contributed by atoms with E-state index in [1.165, 1.54) is 42.5 Å². The summed E-state index contributed by atoms with van der Waals surface area (Å²) in [6.07, 6.45) is -5.02. The highest BCUT2D eigenvalue weighted by Gasteiger charge is 2.40. The van der Waals surface area contributed by atoms with Crippen LogP contribution in [0.1, 0.15) is 11.3 Å². The fraction of sp³-hybridized carbons (Fsp3) is 0.0690. The lowest BCUT2D eigenvalue weighted by Gasteiger charge is -2.14. The third-order valence-corrected chi connectivity index (χ3v) is 6.06. The van der Waals surface area contributed by atoms with Gasteiger partial charge in [0.05, 0.1) is 10.4 Å². The van der Waals surface area contributed by atoms with Crippen LogP contribution in [-0.4, -0.2) is 0 Å². The second kappa shape index (κ2) is 10.2. The Morgan fingerprint density at radius 3 is 2.18 bits per heavy atom. The third-order valence-electron chi connectivity index (χ3n) is 5.71. The first-order chi connectivity index (χ1) is 18.2. The van der Waals surface area contributed by atoms with E-state index in [2.05, 4.69) is 0 Å². The van der Waals surface area contributed by atoms with Gasteiger partial charge in [-0.2, -0.15) is 13.2 Å². The molecule has 0 atom stereocenters. The van der Waals surface area contributed by atoms with E-state index in [4.69, 9.17) is 25.5 Å². The summed E-state index contributed by atoms with van der Waals surface area (Å²) in [6.45, 7) is -0.284. The van der Waals surface area contributed by atoms with E-state index < -0.39 is 28.9 Å². The van der Waals surface area contributed by atoms with Crippen molar-refractivity contribution >= 4 is 22.6 Å². The molecule has 4 aromatic carbocycles. The average molecular weight is 541 g/mol. The van der Waals surface area contributed by atoms with E-state index in [-0.39, 0.29) is 39.7 Å². The predicted molar refractivity (Wildman–Crippen MR) is 135 cm³/mol. The van der Waals surface area contributed by atoms with Crippen molar-refractivity contribution in [2.75, 3.05) is 0 Å². The minimum atomic E-state index is -5.02. The number of halogens is 5. The van der Waals surface area contributed by atoms with Gasteiger partial charge in [-0.25, -0.2) is 4.39 Å². The molecule has 192 valence electrons. The van der Waals surface area contributed by atoms with Gasteiger partial charge in [-0.05, 0) is 47.5 Å². The zero-order chi connectivity index (χ0) is 26.9. The summed E-state index contributed by atoms with van der Waals surface area (Å²) in [5, 5.41) is -0.0135. The molecule has 0 saturated heterocycles. The van der Waals surface area contributed by atoms with Gasteiger partial charge in [0.1, 0.15) is 29.5 Å². The van der Waals surface area contributed by atoms with Crippen LogP contribution in [0.2, 0.25) is 5.02 Å². The molecule has 38 heavy (non-hydrogen) atoms. The molecule has 0 amide bonds. The van der Waals surface area contributed by atoms with Crippen LogP contribution in [0, 0.1) is 5.82 Å². The lowest BCUT2D eigenvalue weighted by molar-refractivity contribution is -0.154. The Kier molecular flexibility index (Phi) is 6.82. The second-order valence-corrected chi connectivity index (χ2v) is 8.63. The normalized spacial score (nSPS) is 11.5. The van der Waals surface area contributed by atoms with Crippen molar-refractivity contribution in [1.29, 1.82) is 0 Å². The Labute approximate surface area is 218 Å². The maximum Gasteiger partial charge on any atom is 0.453 e. The first-order valence-corrected chi connectivity index (χ1v) is 11.7. The topological polar surface area (TPSA) is 48.7 Å². The number of rotatable bonds is 6. The van der Waals surface area contributed by atoms with Gasteiger partial charge in [0, 0.05) is 11.6 Å². The SMILES string of the molecule is O=c1c(Oc2ccc(-c3ccccc3)cc2)c(C(F)(F)F)oc2cc(OCc3c(F)cccc3Cl)ccc12. The monoisotopic (exact) mass is 540 g/mol. The highest BCUT2D eigenvalue weighted by Crippen LogP contribution is 2.39. The number of hydrogen-bond donors (Lipinski definition) is 0. The van der Waals surface area contributed by atoms with E-state index in [0.717, 1.165) is 17.2 Å². The van der Waals surface area contributed by atoms with Crippen LogP contribution in [0.3, 0.4) is 0 Å². The molecular formula is C29H17ClF4O4. The van der Waals surface area contributed by atoms with E-state index in [1.54, 1.807) is 12.1 Å². The molecule has 0 saturated carbocycles. The summed E-state index contributed by atoms with van der Waals surface area (Å²) in [7, 11) is 0. The quantitative estimate of drug-likeness (QED) is 0.202. The Balaban J connectivity index is 1.47. The summed E-state index contributed by atoms with van der Waals surface area (Å²) in [4.78, 5) is 13.1. The van der Waals surface area contributed by atoms with E-state index in [9.17, 15) is 22.4 Å². The standard InChI is InChI=1S/C29H17ClF4O4/c30-23-7-4-8-24(31)22(23)16-36-20-13-14-21-25(15-20)38-28(29(32,33)34)27(26(21)35)37-19-11-9-18(10-12-19)17-5-2-1-3-6-17/h1-15H,16H2. The van der Waals surface area contributed by atoms with E-state index in [1.807, 2.05) is 30.3 Å². The van der Waals surface area contributed by atoms with Crippen LogP contribution < -0.4 is 14.9 Å². The van der Waals surface area contributed by atoms with Gasteiger partial charge in [0.2, 0.25) is 11.2 Å². The number of hydrogen-bond acceptors (Lipinski definition) is 4. The summed E-state index contributed by atoms with van der Waals surface area (Å²) in [5.41, 5.74) is 0.439. The molecule has 0 unspecified atom stereocenters. The van der Waals surface area contributed by atoms with Crippen LogP contribution in [0.5, 0.6) is 17.2 Å². The molecule has 0 N–H and O–H groups in total. The molecule has 0 aliphatic carbocycles. The van der Waals surface area contributed by atoms with Gasteiger partial charge in [0.15, 0.2) is 0 Å². The number of benzene rings is 4. The summed E-state index contributed by atoms with van der Waals surface area (Å²) in [5.74, 6) is -3.08. The van der Waals surface area contributed by atoms with Gasteiger partial charge in [0.25, 0.3) is 5.76 Å². The largest absolute Gasteiger partial charge is 0.489 e. The van der Waals surface area contributed by atoms with Crippen molar-refractivity contribution in [3.63, 3.8) is 0 Å². The van der Waals surface area contributed by atoms with Gasteiger partial charge in [-0.3, -0.25) is 4.79 Å². The predicted octanol–water partition coefficient (Wildman–Crippen LogP) is 8.64. The zero-order valence-electron chi connectivity index (χ0n) is 19.4. The highest BCUT2D eigenvalue weighted by molar-refractivity contribution is 6.31. The summed E-state index contributed by atoms with van der Waals surface area (Å²) < 4.78 is 71.8. The van der Waals surface area contributed by atoms with Crippen LogP contribution in [-0.2, 0) is 12.8 Å². The molecule has 0 radical (unpaired) electrons. The minimum absolute atomic E-state index is 0.0311. The fourth-order valence-corrected chi connectivity index (χ4v) is 4.03. The highest BCUT2D eigenvalue weighted by atomic mass is 35.5. The summed E-state index contributed by atoms with van der Waals surface area (Å²) in [6, 6.07) is 23.5. The molecule has 0 aliphatic heterocycles. The van der Waals surface area contributed by atoms with Crippen LogP contribution >= 0.6 is 11.6 Å². The van der Waals surface area contributed by atoms with Crippen LogP contribution in [0.25, 0.3) is 22.1 Å². The maximum absolute atomic E-state index is 14.0. The van der Waals surface area contributed by atoms with Gasteiger partial charge >= 0.3 is 6.18 Å². The Bertz CT molecular complexity index is 1640. The number of ether oxygens (including phenoxy) is 2. The number of alkyl halides is 3. The van der Waals surface area contributed by atoms with Crippen LogP contribution in [0.4, 0.5) is 17.6 Å². The maximum atomic E-state index is 14.0.